The van der Waals surface area contributed by atoms with E-state index in [-0.39, 0.29) is 10.9 Å². The molecule has 0 bridgehead atoms. The van der Waals surface area contributed by atoms with Crippen LogP contribution in [-0.2, 0) is 22.8 Å². The van der Waals surface area contributed by atoms with E-state index in [9.17, 15) is 17.4 Å². The number of hydrogen-bond acceptors (Lipinski definition) is 3. The minimum Gasteiger partial charge on any atom is -0.406 e. The van der Waals surface area contributed by atoms with E-state index in [4.69, 9.17) is 4.78 Å². The zero-order valence-electron chi connectivity index (χ0n) is 19.6. The summed E-state index contributed by atoms with van der Waals surface area (Å²) in [6, 6.07) is 21.7. The number of aryl methyl sites for hydroxylation is 2. The highest BCUT2D eigenvalue weighted by Crippen LogP contribution is 2.40. The molecule has 2 N–H and O–H groups in total. The third-order valence-electron chi connectivity index (χ3n) is 6.90. The molecule has 0 aliphatic heterocycles. The van der Waals surface area contributed by atoms with Crippen LogP contribution in [0.1, 0.15) is 47.9 Å². The highest BCUT2D eigenvalue weighted by Gasteiger charge is 2.31. The molecule has 2 aliphatic rings. The van der Waals surface area contributed by atoms with E-state index in [0.29, 0.717) is 0 Å². The van der Waals surface area contributed by atoms with Crippen molar-refractivity contribution in [2.75, 3.05) is 0 Å². The van der Waals surface area contributed by atoms with Crippen LogP contribution in [-0.4, -0.2) is 16.6 Å². The van der Waals surface area contributed by atoms with Gasteiger partial charge in [-0.15, -0.1) is 13.2 Å². The summed E-state index contributed by atoms with van der Waals surface area (Å²) in [7, 11) is -3.37. The van der Waals surface area contributed by atoms with Gasteiger partial charge in [-0.1, -0.05) is 54.1 Å². The number of alkyl halides is 3. The third kappa shape index (κ3) is 5.34. The molecule has 8 heteroatoms. The summed E-state index contributed by atoms with van der Waals surface area (Å²) in [6.07, 6.45) is 0.314. The van der Waals surface area contributed by atoms with Gasteiger partial charge in [-0.25, -0.2) is 13.7 Å². The van der Waals surface area contributed by atoms with Crippen molar-refractivity contribution in [1.29, 1.82) is 4.78 Å². The van der Waals surface area contributed by atoms with Crippen LogP contribution in [0.2, 0.25) is 0 Å². The molecule has 5 rings (SSSR count). The maximum atomic E-state index is 13.1. The molecule has 0 spiro atoms. The monoisotopic (exact) mass is 512 g/mol. The van der Waals surface area contributed by atoms with Gasteiger partial charge in [0, 0.05) is 6.04 Å². The number of fused-ring (bicyclic) bond motifs is 2. The minimum absolute atomic E-state index is 0.123. The second-order valence-corrected chi connectivity index (χ2v) is 11.1. The van der Waals surface area contributed by atoms with Gasteiger partial charge in [0.15, 0.2) is 0 Å². The van der Waals surface area contributed by atoms with Crippen LogP contribution in [0, 0.1) is 4.78 Å². The standard InChI is InChI=1S/C28H27F3N2O2S/c29-28(30,31)35-23-15-17-24(18-16-23)36(32,34)33-22-13-11-21(12-14-22)27-25-7-3-1-5-19(25)9-10-20-6-2-4-8-26(20)27/h1-8,15-18,22H,9-14H2,(H2,32,33,34). The molecule has 3 aromatic carbocycles. The summed E-state index contributed by atoms with van der Waals surface area (Å²) in [5.74, 6) is -0.403. The van der Waals surface area contributed by atoms with Gasteiger partial charge in [0.25, 0.3) is 0 Å². The van der Waals surface area contributed by atoms with E-state index < -0.39 is 22.0 Å². The summed E-state index contributed by atoms with van der Waals surface area (Å²) in [5, 5.41) is 0. The van der Waals surface area contributed by atoms with Crippen molar-refractivity contribution in [3.63, 3.8) is 0 Å². The SMILES string of the molecule is N=S(=O)(NC1CCC(=C2c3ccccc3CCc3ccccc32)CC1)c1ccc(OC(F)(F)F)cc1. The first-order valence-corrected chi connectivity index (χ1v) is 13.6. The van der Waals surface area contributed by atoms with Crippen molar-refractivity contribution >= 4 is 15.5 Å². The first-order chi connectivity index (χ1) is 17.2. The minimum atomic E-state index is -4.80. The number of rotatable bonds is 4. The van der Waals surface area contributed by atoms with Crippen molar-refractivity contribution in [1.82, 2.24) is 4.72 Å². The summed E-state index contributed by atoms with van der Waals surface area (Å²) >= 11 is 0. The molecule has 4 nitrogen and oxygen atoms in total. The Kier molecular flexibility index (Phi) is 6.66. The van der Waals surface area contributed by atoms with Crippen LogP contribution in [0.25, 0.3) is 5.57 Å². The zero-order valence-corrected chi connectivity index (χ0v) is 20.4. The number of allylic oxidation sites excluding steroid dienone is 1. The van der Waals surface area contributed by atoms with Crippen LogP contribution < -0.4 is 9.46 Å². The van der Waals surface area contributed by atoms with Crippen molar-refractivity contribution in [2.24, 2.45) is 0 Å². The van der Waals surface area contributed by atoms with E-state index in [0.717, 1.165) is 50.7 Å². The molecule has 2 aliphatic carbocycles. The van der Waals surface area contributed by atoms with Crippen LogP contribution in [0.4, 0.5) is 13.2 Å². The highest BCUT2D eigenvalue weighted by molar-refractivity contribution is 7.90. The Morgan fingerprint density at radius 1 is 0.806 bits per heavy atom. The first-order valence-electron chi connectivity index (χ1n) is 12.0. The Hall–Kier alpha value is -3.10. The summed E-state index contributed by atoms with van der Waals surface area (Å²) in [6.45, 7) is 0. The molecule has 1 unspecified atom stereocenters. The van der Waals surface area contributed by atoms with Crippen LogP contribution >= 0.6 is 0 Å². The number of nitrogens with one attached hydrogen (secondary N) is 2. The third-order valence-corrected chi connectivity index (χ3v) is 8.50. The molecule has 0 aromatic heterocycles. The van der Waals surface area contributed by atoms with Gasteiger partial charge in [-0.2, -0.15) is 0 Å². The lowest BCUT2D eigenvalue weighted by Crippen LogP contribution is -2.36. The van der Waals surface area contributed by atoms with Gasteiger partial charge in [0.05, 0.1) is 4.90 Å². The molecule has 36 heavy (non-hydrogen) atoms. The van der Waals surface area contributed by atoms with Crippen molar-refractivity contribution in [2.45, 2.75) is 55.8 Å². The van der Waals surface area contributed by atoms with E-state index in [1.54, 1.807) is 0 Å². The Morgan fingerprint density at radius 3 is 1.86 bits per heavy atom. The van der Waals surface area contributed by atoms with E-state index in [1.165, 1.54) is 45.5 Å². The molecule has 0 saturated heterocycles. The number of halogens is 3. The lowest BCUT2D eigenvalue weighted by atomic mass is 9.82. The van der Waals surface area contributed by atoms with E-state index in [2.05, 4.69) is 58.0 Å². The average Bonchev–Trinajstić information content (AvgIpc) is 3.01. The lowest BCUT2D eigenvalue weighted by molar-refractivity contribution is -0.274. The molecule has 1 saturated carbocycles. The molecule has 1 fully saturated rings. The fraction of sp³-hybridized carbons (Fsp3) is 0.286. The van der Waals surface area contributed by atoms with Crippen LogP contribution in [0.15, 0.2) is 83.3 Å². The van der Waals surface area contributed by atoms with Gasteiger partial charge >= 0.3 is 6.36 Å². The molecule has 0 heterocycles. The second kappa shape index (κ2) is 9.75. The average molecular weight is 513 g/mol. The Balaban J connectivity index is 1.34. The Bertz CT molecular complexity index is 1340. The van der Waals surface area contributed by atoms with Gasteiger partial charge in [-0.3, -0.25) is 0 Å². The zero-order chi connectivity index (χ0) is 25.3. The van der Waals surface area contributed by atoms with Crippen LogP contribution in [0.5, 0.6) is 5.75 Å². The van der Waals surface area contributed by atoms with Crippen molar-refractivity contribution in [3.05, 3.63) is 101 Å². The Labute approximate surface area is 209 Å². The maximum Gasteiger partial charge on any atom is 0.573 e. The lowest BCUT2D eigenvalue weighted by Gasteiger charge is -2.28. The van der Waals surface area contributed by atoms with Gasteiger partial charge in [-0.05, 0) is 90.6 Å². The molecule has 1 atom stereocenters. The number of hydrogen-bond donors (Lipinski definition) is 2. The molecule has 3 aromatic rings. The predicted molar refractivity (Wildman–Crippen MR) is 134 cm³/mol. The summed E-state index contributed by atoms with van der Waals surface area (Å²) in [4.78, 5) is 0.132. The summed E-state index contributed by atoms with van der Waals surface area (Å²) < 4.78 is 65.5. The number of ether oxygens (including phenoxy) is 1. The largest absolute Gasteiger partial charge is 0.573 e. The van der Waals surface area contributed by atoms with Crippen molar-refractivity contribution in [3.8, 4) is 5.75 Å². The van der Waals surface area contributed by atoms with Crippen LogP contribution in [0.3, 0.4) is 0 Å². The number of benzene rings is 3. The second-order valence-electron chi connectivity index (χ2n) is 9.26. The molecule has 188 valence electrons. The molecule has 0 radical (unpaired) electrons. The van der Waals surface area contributed by atoms with Gasteiger partial charge < -0.3 is 4.74 Å². The van der Waals surface area contributed by atoms with Crippen molar-refractivity contribution < 1.29 is 22.1 Å². The topological polar surface area (TPSA) is 62.2 Å². The summed E-state index contributed by atoms with van der Waals surface area (Å²) in [5.41, 5.74) is 7.96. The van der Waals surface area contributed by atoms with Gasteiger partial charge in [0.1, 0.15) is 15.7 Å². The quantitative estimate of drug-likeness (QED) is 0.394. The molecular weight excluding hydrogens is 485 g/mol. The predicted octanol–water partition coefficient (Wildman–Crippen LogP) is 7.04. The fourth-order valence-electron chi connectivity index (χ4n) is 5.23. The fourth-order valence-corrected chi connectivity index (χ4v) is 6.59. The first kappa shape index (κ1) is 24.6. The maximum absolute atomic E-state index is 13.1. The van der Waals surface area contributed by atoms with Gasteiger partial charge in [0.2, 0.25) is 0 Å². The molecule has 0 amide bonds. The van der Waals surface area contributed by atoms with E-state index in [1.807, 2.05) is 0 Å². The highest BCUT2D eigenvalue weighted by atomic mass is 32.2. The smallest absolute Gasteiger partial charge is 0.406 e. The normalized spacial score (nSPS) is 19.6. The van der Waals surface area contributed by atoms with E-state index >= 15 is 0 Å². The Morgan fingerprint density at radius 2 is 1.33 bits per heavy atom. The molecular formula is C28H27F3N2O2S.